The Morgan fingerprint density at radius 1 is 1.06 bits per heavy atom. The Morgan fingerprint density at radius 2 is 1.81 bits per heavy atom. The maximum atomic E-state index is 12.8. The first-order chi connectivity index (χ1) is 14.8. The van der Waals surface area contributed by atoms with Crippen molar-refractivity contribution >= 4 is 44.6 Å². The Labute approximate surface area is 184 Å². The summed E-state index contributed by atoms with van der Waals surface area (Å²) >= 11 is 1.11. The van der Waals surface area contributed by atoms with Crippen LogP contribution in [0, 0.1) is 0 Å². The minimum absolute atomic E-state index is 0.201. The Morgan fingerprint density at radius 3 is 2.52 bits per heavy atom. The summed E-state index contributed by atoms with van der Waals surface area (Å²) in [5.41, 5.74) is 2.48. The quantitative estimate of drug-likeness (QED) is 0.571. The number of thiophene rings is 1. The monoisotopic (exact) mass is 456 g/mol. The third-order valence-corrected chi connectivity index (χ3v) is 7.70. The lowest BCUT2D eigenvalue weighted by atomic mass is 10.2. The molecular weight excluding hydrogens is 436 g/mol. The van der Waals surface area contributed by atoms with Gasteiger partial charge in [0.25, 0.3) is 15.9 Å². The van der Waals surface area contributed by atoms with Crippen LogP contribution < -0.4 is 9.62 Å². The van der Waals surface area contributed by atoms with E-state index in [1.807, 2.05) is 24.3 Å². The Kier molecular flexibility index (Phi) is 5.79. The van der Waals surface area contributed by atoms with Crippen LogP contribution in [-0.4, -0.2) is 32.9 Å². The highest BCUT2D eigenvalue weighted by Gasteiger charge is 2.30. The molecule has 1 unspecified atom stereocenters. The molecule has 31 heavy (non-hydrogen) atoms. The molecule has 1 aliphatic rings. The fourth-order valence-corrected chi connectivity index (χ4v) is 5.41. The zero-order valence-corrected chi connectivity index (χ0v) is 18.3. The van der Waals surface area contributed by atoms with Crippen molar-refractivity contribution in [3.63, 3.8) is 0 Å². The van der Waals surface area contributed by atoms with E-state index in [9.17, 15) is 18.0 Å². The van der Waals surface area contributed by atoms with Gasteiger partial charge in [-0.2, -0.15) is 0 Å². The number of fused-ring (bicyclic) bond motifs is 1. The molecule has 4 rings (SSSR count). The normalized spacial score (nSPS) is 14.0. The summed E-state index contributed by atoms with van der Waals surface area (Å²) < 4.78 is 32.6. The second-order valence-electron chi connectivity index (χ2n) is 7.03. The van der Waals surface area contributed by atoms with Crippen LogP contribution in [0.25, 0.3) is 0 Å². The van der Waals surface area contributed by atoms with E-state index in [-0.39, 0.29) is 15.7 Å². The lowest BCUT2D eigenvalue weighted by Crippen LogP contribution is -2.39. The summed E-state index contributed by atoms with van der Waals surface area (Å²) in [7, 11) is -3.67. The van der Waals surface area contributed by atoms with Gasteiger partial charge in [-0.15, -0.1) is 11.3 Å². The van der Waals surface area contributed by atoms with E-state index < -0.39 is 22.1 Å². The molecule has 0 spiro atoms. The first-order valence-electron chi connectivity index (χ1n) is 9.62. The van der Waals surface area contributed by atoms with Crippen LogP contribution in [0.2, 0.25) is 0 Å². The largest absolute Gasteiger partial charge is 0.449 e. The second-order valence-corrected chi connectivity index (χ2v) is 9.89. The standard InChI is InChI=1S/C22H20N2O5S2/c1-15(21(25)24-13-12-16-5-2-3-6-19(16)24)29-22(26)17-8-10-18(11-9-17)23-31(27,28)20-7-4-14-30-20/h2-11,14-15,23H,12-13H2,1H3. The smallest absolute Gasteiger partial charge is 0.338 e. The van der Waals surface area contributed by atoms with E-state index in [4.69, 9.17) is 4.74 Å². The molecule has 1 aliphatic heterocycles. The highest BCUT2D eigenvalue weighted by molar-refractivity contribution is 7.94. The zero-order valence-electron chi connectivity index (χ0n) is 16.6. The van der Waals surface area contributed by atoms with Crippen molar-refractivity contribution in [3.05, 3.63) is 77.2 Å². The molecule has 0 aliphatic carbocycles. The van der Waals surface area contributed by atoms with Gasteiger partial charge in [0.2, 0.25) is 0 Å². The van der Waals surface area contributed by atoms with Crippen LogP contribution in [0.15, 0.2) is 70.3 Å². The molecule has 2 aromatic carbocycles. The van der Waals surface area contributed by atoms with Crippen molar-refractivity contribution in [3.8, 4) is 0 Å². The van der Waals surface area contributed by atoms with E-state index in [2.05, 4.69) is 4.72 Å². The number of amides is 1. The number of rotatable bonds is 6. The summed E-state index contributed by atoms with van der Waals surface area (Å²) in [6.45, 7) is 2.10. The first-order valence-corrected chi connectivity index (χ1v) is 12.0. The number of nitrogens with one attached hydrogen (secondary N) is 1. The van der Waals surface area contributed by atoms with Gasteiger partial charge >= 0.3 is 5.97 Å². The number of esters is 1. The third kappa shape index (κ3) is 4.47. The molecule has 1 atom stereocenters. The zero-order chi connectivity index (χ0) is 22.0. The summed E-state index contributed by atoms with van der Waals surface area (Å²) in [5.74, 6) is -0.931. The number of carbonyl (C=O) groups excluding carboxylic acids is 2. The maximum Gasteiger partial charge on any atom is 0.338 e. The van der Waals surface area contributed by atoms with Gasteiger partial charge in [-0.3, -0.25) is 9.52 Å². The van der Waals surface area contributed by atoms with Gasteiger partial charge in [0.1, 0.15) is 4.21 Å². The highest BCUT2D eigenvalue weighted by atomic mass is 32.2. The predicted octanol–water partition coefficient (Wildman–Crippen LogP) is 3.68. The van der Waals surface area contributed by atoms with Crippen LogP contribution >= 0.6 is 11.3 Å². The molecule has 1 N–H and O–H groups in total. The van der Waals surface area contributed by atoms with Crippen LogP contribution in [0.3, 0.4) is 0 Å². The Hall–Kier alpha value is -3.17. The van der Waals surface area contributed by atoms with Gasteiger partial charge in [0.05, 0.1) is 5.56 Å². The summed E-state index contributed by atoms with van der Waals surface area (Å²) in [4.78, 5) is 26.9. The molecule has 2 heterocycles. The molecule has 1 amide bonds. The minimum atomic E-state index is -3.67. The Bertz CT molecular complexity index is 1200. The minimum Gasteiger partial charge on any atom is -0.449 e. The van der Waals surface area contributed by atoms with Gasteiger partial charge < -0.3 is 9.64 Å². The number of carbonyl (C=O) groups is 2. The Balaban J connectivity index is 1.39. The number of sulfonamides is 1. The molecule has 9 heteroatoms. The molecule has 3 aromatic rings. The van der Waals surface area contributed by atoms with Crippen LogP contribution in [-0.2, 0) is 26.0 Å². The molecule has 0 saturated heterocycles. The average Bonchev–Trinajstić information content (AvgIpc) is 3.44. The molecule has 1 aromatic heterocycles. The summed E-state index contributed by atoms with van der Waals surface area (Å²) in [6, 6.07) is 16.7. The molecule has 7 nitrogen and oxygen atoms in total. The molecule has 0 saturated carbocycles. The lowest BCUT2D eigenvalue weighted by molar-refractivity contribution is -0.126. The topological polar surface area (TPSA) is 92.8 Å². The number of hydrogen-bond donors (Lipinski definition) is 1. The van der Waals surface area contributed by atoms with Crippen LogP contribution in [0.1, 0.15) is 22.8 Å². The lowest BCUT2D eigenvalue weighted by Gasteiger charge is -2.21. The van der Waals surface area contributed by atoms with Gasteiger partial charge in [-0.05, 0) is 60.7 Å². The predicted molar refractivity (Wildman–Crippen MR) is 119 cm³/mol. The van der Waals surface area contributed by atoms with Gasteiger partial charge in [0, 0.05) is 17.9 Å². The fraction of sp³-hybridized carbons (Fsp3) is 0.182. The number of ether oxygens (including phenoxy) is 1. The fourth-order valence-electron chi connectivity index (χ4n) is 3.36. The number of nitrogens with zero attached hydrogens (tertiary/aromatic N) is 1. The average molecular weight is 457 g/mol. The number of para-hydroxylation sites is 1. The molecule has 0 bridgehead atoms. The van der Waals surface area contributed by atoms with E-state index >= 15 is 0 Å². The third-order valence-electron chi connectivity index (χ3n) is 4.92. The van der Waals surface area contributed by atoms with E-state index in [1.54, 1.807) is 23.3 Å². The summed E-state index contributed by atoms with van der Waals surface area (Å²) in [5, 5.41) is 1.68. The van der Waals surface area contributed by atoms with Crippen molar-refractivity contribution in [2.45, 2.75) is 23.7 Å². The number of benzene rings is 2. The molecule has 160 valence electrons. The maximum absolute atomic E-state index is 12.8. The van der Waals surface area contributed by atoms with Gasteiger partial charge in [0.15, 0.2) is 6.10 Å². The van der Waals surface area contributed by atoms with Crippen molar-refractivity contribution in [1.29, 1.82) is 0 Å². The summed E-state index contributed by atoms with van der Waals surface area (Å²) in [6.07, 6.45) is -0.179. The highest BCUT2D eigenvalue weighted by Crippen LogP contribution is 2.28. The number of anilines is 2. The van der Waals surface area contributed by atoms with Crippen molar-refractivity contribution in [1.82, 2.24) is 0 Å². The van der Waals surface area contributed by atoms with E-state index in [0.29, 0.717) is 12.2 Å². The van der Waals surface area contributed by atoms with E-state index in [0.717, 1.165) is 29.0 Å². The van der Waals surface area contributed by atoms with Crippen LogP contribution in [0.5, 0.6) is 0 Å². The van der Waals surface area contributed by atoms with Gasteiger partial charge in [-0.25, -0.2) is 13.2 Å². The molecule has 0 fully saturated rings. The van der Waals surface area contributed by atoms with Crippen molar-refractivity contribution in [2.75, 3.05) is 16.2 Å². The van der Waals surface area contributed by atoms with Crippen molar-refractivity contribution < 1.29 is 22.7 Å². The number of hydrogen-bond acceptors (Lipinski definition) is 6. The molecule has 0 radical (unpaired) electrons. The SMILES string of the molecule is CC(OC(=O)c1ccc(NS(=O)(=O)c2cccs2)cc1)C(=O)N1CCc2ccccc21. The van der Waals surface area contributed by atoms with E-state index in [1.165, 1.54) is 30.3 Å². The second kappa shape index (κ2) is 8.52. The first kappa shape index (κ1) is 21.1. The van der Waals surface area contributed by atoms with Gasteiger partial charge in [-0.1, -0.05) is 24.3 Å². The van der Waals surface area contributed by atoms with Crippen LogP contribution in [0.4, 0.5) is 11.4 Å². The molecular formula is C22H20N2O5S2. The van der Waals surface area contributed by atoms with Crippen molar-refractivity contribution in [2.24, 2.45) is 0 Å².